The fourth-order valence-electron chi connectivity index (χ4n) is 3.71. The fourth-order valence-corrected chi connectivity index (χ4v) is 4.52. The number of ketones is 1. The molecule has 0 amide bonds. The predicted octanol–water partition coefficient (Wildman–Crippen LogP) is 6.64. The summed E-state index contributed by atoms with van der Waals surface area (Å²) in [4.78, 5) is 14.4. The molecule has 0 aliphatic carbocycles. The van der Waals surface area contributed by atoms with Gasteiger partial charge in [0.1, 0.15) is 0 Å². The van der Waals surface area contributed by atoms with Crippen LogP contribution in [0.3, 0.4) is 0 Å². The molecule has 0 atom stereocenters. The monoisotopic (exact) mass is 532 g/mol. The predicted molar refractivity (Wildman–Crippen MR) is 156 cm³/mol. The summed E-state index contributed by atoms with van der Waals surface area (Å²) in [7, 11) is -3.73. The van der Waals surface area contributed by atoms with Crippen LogP contribution in [0.25, 0.3) is 0 Å². The third-order valence-corrected chi connectivity index (χ3v) is 7.00. The first kappa shape index (κ1) is 27.2. The molecule has 5 aromatic rings. The van der Waals surface area contributed by atoms with Crippen molar-refractivity contribution in [1.29, 1.82) is 0 Å². The summed E-state index contributed by atoms with van der Waals surface area (Å²) in [5.74, 6) is 0.0752. The second-order valence-electron chi connectivity index (χ2n) is 8.66. The van der Waals surface area contributed by atoms with Crippen molar-refractivity contribution < 1.29 is 13.2 Å². The van der Waals surface area contributed by atoms with Crippen LogP contribution < -0.4 is 4.83 Å². The van der Waals surface area contributed by atoms with Crippen molar-refractivity contribution in [1.82, 2.24) is 4.83 Å². The Hall–Kier alpha value is -4.81. The Labute approximate surface area is 229 Å². The Balaban J connectivity index is 0.000000212. The van der Waals surface area contributed by atoms with Crippen molar-refractivity contribution in [3.8, 4) is 0 Å². The van der Waals surface area contributed by atoms with E-state index in [1.165, 1.54) is 0 Å². The minimum absolute atomic E-state index is 0.0752. The van der Waals surface area contributed by atoms with E-state index in [1.807, 2.05) is 128 Å². The summed E-state index contributed by atoms with van der Waals surface area (Å²) in [5.41, 5.74) is 4.70. The van der Waals surface area contributed by atoms with Gasteiger partial charge >= 0.3 is 0 Å². The maximum Gasteiger partial charge on any atom is 0.276 e. The third-order valence-electron chi connectivity index (χ3n) is 5.78. The Kier molecular flexibility index (Phi) is 9.16. The van der Waals surface area contributed by atoms with Crippen LogP contribution in [0.1, 0.15) is 32.6 Å². The molecule has 0 spiro atoms. The smallest absolute Gasteiger partial charge is 0.276 e. The molecule has 0 saturated carbocycles. The van der Waals surface area contributed by atoms with Crippen molar-refractivity contribution in [3.05, 3.63) is 173 Å². The van der Waals surface area contributed by atoms with E-state index in [-0.39, 0.29) is 10.7 Å². The molecule has 5 nitrogen and oxygen atoms in total. The Morgan fingerprint density at radius 2 is 0.897 bits per heavy atom. The Morgan fingerprint density at radius 3 is 1.28 bits per heavy atom. The van der Waals surface area contributed by atoms with Crippen LogP contribution in [0.5, 0.6) is 0 Å². The van der Waals surface area contributed by atoms with Gasteiger partial charge in [-0.05, 0) is 19.1 Å². The Bertz CT molecular complexity index is 1540. The molecule has 0 radical (unpaired) electrons. The molecule has 0 aromatic heterocycles. The number of carbonyl (C=O) groups is 1. The molecule has 0 aliphatic heterocycles. The second kappa shape index (κ2) is 13.1. The lowest BCUT2D eigenvalue weighted by molar-refractivity contribution is 0.103. The summed E-state index contributed by atoms with van der Waals surface area (Å²) in [6.07, 6.45) is 0. The standard InChI is InChI=1S/C20H18N2O2S.C13H10O/c1-16-12-14-19(15-13-16)25(23,24)22-21-20(17-8-4-2-5-9-17)18-10-6-3-7-11-18;14-13(11-7-3-1-4-8-11)12-9-5-2-6-10-12/h2-15,22H,1H3;1-10H. The zero-order valence-electron chi connectivity index (χ0n) is 21.4. The lowest BCUT2D eigenvalue weighted by Gasteiger charge is -2.09. The van der Waals surface area contributed by atoms with E-state index in [2.05, 4.69) is 9.93 Å². The molecule has 39 heavy (non-hydrogen) atoms. The summed E-state index contributed by atoms with van der Waals surface area (Å²) in [6, 6.07) is 44.2. The van der Waals surface area contributed by atoms with Crippen LogP contribution in [0.15, 0.2) is 156 Å². The number of nitrogens with one attached hydrogen (secondary N) is 1. The number of rotatable bonds is 7. The molecule has 0 bridgehead atoms. The van der Waals surface area contributed by atoms with Crippen LogP contribution in [0, 0.1) is 6.92 Å². The Morgan fingerprint density at radius 1 is 0.538 bits per heavy atom. The third kappa shape index (κ3) is 7.60. The minimum atomic E-state index is -3.73. The molecule has 1 N–H and O–H groups in total. The first-order valence-corrected chi connectivity index (χ1v) is 13.8. The number of hydrogen-bond donors (Lipinski definition) is 1. The highest BCUT2D eigenvalue weighted by molar-refractivity contribution is 7.89. The van der Waals surface area contributed by atoms with Crippen LogP contribution in [0.2, 0.25) is 0 Å². The van der Waals surface area contributed by atoms with Crippen LogP contribution in [0.4, 0.5) is 0 Å². The van der Waals surface area contributed by atoms with E-state index < -0.39 is 10.0 Å². The van der Waals surface area contributed by atoms with Gasteiger partial charge < -0.3 is 0 Å². The normalized spacial score (nSPS) is 10.5. The maximum atomic E-state index is 12.5. The van der Waals surface area contributed by atoms with Crippen molar-refractivity contribution in [2.45, 2.75) is 11.8 Å². The van der Waals surface area contributed by atoms with Gasteiger partial charge in [0.05, 0.1) is 10.6 Å². The van der Waals surface area contributed by atoms with E-state index in [1.54, 1.807) is 24.3 Å². The first-order chi connectivity index (χ1) is 18.9. The quantitative estimate of drug-likeness (QED) is 0.145. The van der Waals surface area contributed by atoms with Gasteiger partial charge in [-0.15, -0.1) is 0 Å². The van der Waals surface area contributed by atoms with Crippen molar-refractivity contribution >= 4 is 21.5 Å². The zero-order chi connectivity index (χ0) is 27.5. The molecule has 5 aromatic carbocycles. The molecule has 0 unspecified atom stereocenters. The second-order valence-corrected chi connectivity index (χ2v) is 10.3. The van der Waals surface area contributed by atoms with Gasteiger partial charge in [0.25, 0.3) is 10.0 Å². The molecular weight excluding hydrogens is 504 g/mol. The van der Waals surface area contributed by atoms with Gasteiger partial charge in [-0.25, -0.2) is 0 Å². The molecule has 0 fully saturated rings. The highest BCUT2D eigenvalue weighted by atomic mass is 32.2. The SMILES string of the molecule is Cc1ccc(S(=O)(=O)NN=C(c2ccccc2)c2ccccc2)cc1.O=C(c1ccccc1)c1ccccc1. The summed E-state index contributed by atoms with van der Waals surface area (Å²) in [6.45, 7) is 1.91. The zero-order valence-corrected chi connectivity index (χ0v) is 22.3. The van der Waals surface area contributed by atoms with Gasteiger partial charge in [0.15, 0.2) is 5.78 Å². The van der Waals surface area contributed by atoms with Gasteiger partial charge in [-0.1, -0.05) is 139 Å². The first-order valence-electron chi connectivity index (χ1n) is 12.4. The minimum Gasteiger partial charge on any atom is -0.289 e. The summed E-state index contributed by atoms with van der Waals surface area (Å²) < 4.78 is 25.0. The summed E-state index contributed by atoms with van der Waals surface area (Å²) in [5, 5.41) is 4.21. The van der Waals surface area contributed by atoms with Gasteiger partial charge in [0, 0.05) is 22.3 Å². The van der Waals surface area contributed by atoms with E-state index in [0.29, 0.717) is 5.71 Å². The van der Waals surface area contributed by atoms with Crippen molar-refractivity contribution in [2.75, 3.05) is 0 Å². The molecule has 194 valence electrons. The van der Waals surface area contributed by atoms with Crippen molar-refractivity contribution in [2.24, 2.45) is 5.10 Å². The number of nitrogens with zero attached hydrogens (tertiary/aromatic N) is 1. The summed E-state index contributed by atoms with van der Waals surface area (Å²) >= 11 is 0. The molecule has 0 aliphatic rings. The fraction of sp³-hybridized carbons (Fsp3) is 0.0303. The number of carbonyl (C=O) groups excluding carboxylic acids is 1. The highest BCUT2D eigenvalue weighted by Crippen LogP contribution is 2.13. The number of sulfonamides is 1. The lowest BCUT2D eigenvalue weighted by atomic mass is 10.0. The molecule has 0 saturated heterocycles. The maximum absolute atomic E-state index is 12.5. The van der Waals surface area contributed by atoms with Gasteiger partial charge in [-0.3, -0.25) is 4.79 Å². The largest absolute Gasteiger partial charge is 0.289 e. The van der Waals surface area contributed by atoms with Crippen molar-refractivity contribution in [3.63, 3.8) is 0 Å². The topological polar surface area (TPSA) is 75.6 Å². The number of benzene rings is 5. The van der Waals surface area contributed by atoms with Gasteiger partial charge in [0.2, 0.25) is 0 Å². The molecular formula is C33H28N2O3S. The van der Waals surface area contributed by atoms with E-state index >= 15 is 0 Å². The lowest BCUT2D eigenvalue weighted by Crippen LogP contribution is -2.21. The molecule has 6 heteroatoms. The molecule has 0 heterocycles. The van der Waals surface area contributed by atoms with E-state index in [0.717, 1.165) is 27.8 Å². The van der Waals surface area contributed by atoms with E-state index in [4.69, 9.17) is 0 Å². The van der Waals surface area contributed by atoms with Crippen LogP contribution in [-0.2, 0) is 10.0 Å². The van der Waals surface area contributed by atoms with Crippen LogP contribution in [-0.4, -0.2) is 19.9 Å². The average molecular weight is 533 g/mol. The number of hydrazone groups is 1. The van der Waals surface area contributed by atoms with Crippen LogP contribution >= 0.6 is 0 Å². The number of aryl methyl sites for hydroxylation is 1. The highest BCUT2D eigenvalue weighted by Gasteiger charge is 2.14. The van der Waals surface area contributed by atoms with Gasteiger partial charge in [-0.2, -0.15) is 18.4 Å². The number of hydrogen-bond acceptors (Lipinski definition) is 4. The van der Waals surface area contributed by atoms with E-state index in [9.17, 15) is 13.2 Å². The average Bonchev–Trinajstić information content (AvgIpc) is 2.99. The molecule has 5 rings (SSSR count).